The predicted octanol–water partition coefficient (Wildman–Crippen LogP) is 1.02. The van der Waals surface area contributed by atoms with E-state index in [9.17, 15) is 14.4 Å². The molecule has 7 heteroatoms. The molecule has 0 bridgehead atoms. The Balaban J connectivity index is 2.81. The number of carbonyl (C=O) groups excluding carboxylic acids is 2. The first-order chi connectivity index (χ1) is 9.95. The summed E-state index contributed by atoms with van der Waals surface area (Å²) in [5.41, 5.74) is 5.19. The van der Waals surface area contributed by atoms with Gasteiger partial charge in [-0.1, -0.05) is 26.2 Å². The van der Waals surface area contributed by atoms with Crippen LogP contribution in [0.4, 0.5) is 4.79 Å². The number of rotatable bonds is 8. The first-order valence-corrected chi connectivity index (χ1v) is 7.51. The Labute approximate surface area is 125 Å². The Morgan fingerprint density at radius 2 is 1.81 bits per heavy atom. The number of carboxylic acids is 1. The van der Waals surface area contributed by atoms with Crippen LogP contribution in [0.3, 0.4) is 0 Å². The molecule has 0 aromatic rings. The number of nitrogens with zero attached hydrogens (tertiary/aromatic N) is 2. The standard InChI is InChI=1S/C14H25N3O4/c1-2-3-8-16(9-12(15)18)14(21)17(10-13(19)20)11-6-4-5-7-11/h11H,2-10H2,1H3,(H2,15,18)(H,19,20). The SMILES string of the molecule is CCCCN(CC(N)=O)C(=O)N(CC(=O)O)C1CCCC1. The van der Waals surface area contributed by atoms with Crippen LogP contribution >= 0.6 is 0 Å². The highest BCUT2D eigenvalue weighted by Gasteiger charge is 2.31. The average molecular weight is 299 g/mol. The van der Waals surface area contributed by atoms with Crippen LogP contribution in [0.2, 0.25) is 0 Å². The summed E-state index contributed by atoms with van der Waals surface area (Å²) in [4.78, 5) is 37.5. The van der Waals surface area contributed by atoms with Crippen molar-refractivity contribution in [3.8, 4) is 0 Å². The van der Waals surface area contributed by atoms with Crippen LogP contribution < -0.4 is 5.73 Å². The first-order valence-electron chi connectivity index (χ1n) is 7.51. The molecule has 1 aliphatic rings. The van der Waals surface area contributed by atoms with Gasteiger partial charge in [0.05, 0.1) is 0 Å². The Morgan fingerprint density at radius 3 is 2.29 bits per heavy atom. The maximum absolute atomic E-state index is 12.6. The fraction of sp³-hybridized carbons (Fsp3) is 0.786. The normalized spacial score (nSPS) is 14.9. The van der Waals surface area contributed by atoms with Crippen LogP contribution in [0.15, 0.2) is 0 Å². The summed E-state index contributed by atoms with van der Waals surface area (Å²) >= 11 is 0. The molecule has 1 rings (SSSR count). The molecule has 0 radical (unpaired) electrons. The minimum absolute atomic E-state index is 0.0504. The maximum atomic E-state index is 12.6. The Morgan fingerprint density at radius 1 is 1.19 bits per heavy atom. The molecule has 120 valence electrons. The topological polar surface area (TPSA) is 104 Å². The van der Waals surface area contributed by atoms with Gasteiger partial charge in [-0.3, -0.25) is 9.59 Å². The van der Waals surface area contributed by atoms with E-state index >= 15 is 0 Å². The van der Waals surface area contributed by atoms with Gasteiger partial charge in [-0.15, -0.1) is 0 Å². The second-order valence-corrected chi connectivity index (χ2v) is 5.48. The summed E-state index contributed by atoms with van der Waals surface area (Å²) in [5, 5.41) is 9.03. The molecule has 0 aliphatic heterocycles. The third-order valence-corrected chi connectivity index (χ3v) is 3.72. The van der Waals surface area contributed by atoms with Gasteiger partial charge in [0.25, 0.3) is 0 Å². The van der Waals surface area contributed by atoms with Crippen LogP contribution in [0, 0.1) is 0 Å². The third-order valence-electron chi connectivity index (χ3n) is 3.72. The minimum Gasteiger partial charge on any atom is -0.480 e. The quantitative estimate of drug-likeness (QED) is 0.698. The van der Waals surface area contributed by atoms with Crippen LogP contribution in [0.5, 0.6) is 0 Å². The summed E-state index contributed by atoms with van der Waals surface area (Å²) in [7, 11) is 0. The molecule has 1 saturated carbocycles. The van der Waals surface area contributed by atoms with Gasteiger partial charge >= 0.3 is 12.0 Å². The molecule has 0 spiro atoms. The Kier molecular flexibility index (Phi) is 6.98. The van der Waals surface area contributed by atoms with Crippen LogP contribution in [0.1, 0.15) is 45.4 Å². The van der Waals surface area contributed by atoms with Crippen molar-refractivity contribution < 1.29 is 19.5 Å². The number of hydrogen-bond donors (Lipinski definition) is 2. The molecule has 7 nitrogen and oxygen atoms in total. The van der Waals surface area contributed by atoms with Crippen LogP contribution in [0.25, 0.3) is 0 Å². The third kappa shape index (κ3) is 5.61. The molecule has 0 saturated heterocycles. The Bertz CT molecular complexity index is 380. The van der Waals surface area contributed by atoms with E-state index in [1.807, 2.05) is 6.92 Å². The fourth-order valence-electron chi connectivity index (χ4n) is 2.68. The van der Waals surface area contributed by atoms with Crippen molar-refractivity contribution in [2.24, 2.45) is 5.73 Å². The van der Waals surface area contributed by atoms with E-state index < -0.39 is 17.9 Å². The second kappa shape index (κ2) is 8.49. The molecule has 0 atom stereocenters. The molecule has 1 fully saturated rings. The van der Waals surface area contributed by atoms with Crippen molar-refractivity contribution >= 4 is 17.9 Å². The van der Waals surface area contributed by atoms with Gasteiger partial charge in [-0.2, -0.15) is 0 Å². The van der Waals surface area contributed by atoms with E-state index in [1.54, 1.807) is 0 Å². The number of carboxylic acid groups (broad SMARTS) is 1. The number of amides is 3. The van der Waals surface area contributed by atoms with Gasteiger partial charge in [0, 0.05) is 12.6 Å². The molecule has 3 N–H and O–H groups in total. The lowest BCUT2D eigenvalue weighted by Gasteiger charge is -2.33. The van der Waals surface area contributed by atoms with Crippen molar-refractivity contribution in [3.63, 3.8) is 0 Å². The average Bonchev–Trinajstić information content (AvgIpc) is 2.93. The van der Waals surface area contributed by atoms with E-state index in [0.717, 1.165) is 38.5 Å². The molecule has 0 aromatic carbocycles. The van der Waals surface area contributed by atoms with Crippen molar-refractivity contribution in [2.75, 3.05) is 19.6 Å². The molecule has 3 amide bonds. The van der Waals surface area contributed by atoms with Gasteiger partial charge in [0.2, 0.25) is 5.91 Å². The van der Waals surface area contributed by atoms with Gasteiger partial charge < -0.3 is 20.6 Å². The number of hydrogen-bond acceptors (Lipinski definition) is 3. The first kappa shape index (κ1) is 17.3. The number of unbranched alkanes of at least 4 members (excludes halogenated alkanes) is 1. The summed E-state index contributed by atoms with van der Waals surface area (Å²) < 4.78 is 0. The number of nitrogens with two attached hydrogens (primary N) is 1. The van der Waals surface area contributed by atoms with E-state index in [0.29, 0.717) is 6.54 Å². The molecular weight excluding hydrogens is 274 g/mol. The maximum Gasteiger partial charge on any atom is 0.323 e. The van der Waals surface area contributed by atoms with Gasteiger partial charge in [0.15, 0.2) is 0 Å². The number of primary amides is 1. The highest BCUT2D eigenvalue weighted by atomic mass is 16.4. The molecular formula is C14H25N3O4. The molecule has 0 heterocycles. The van der Waals surface area contributed by atoms with Gasteiger partial charge in [-0.25, -0.2) is 4.79 Å². The van der Waals surface area contributed by atoms with Gasteiger partial charge in [-0.05, 0) is 19.3 Å². The van der Waals surface area contributed by atoms with E-state index in [2.05, 4.69) is 0 Å². The van der Waals surface area contributed by atoms with Crippen LogP contribution in [-0.2, 0) is 9.59 Å². The predicted molar refractivity (Wildman–Crippen MR) is 77.7 cm³/mol. The lowest BCUT2D eigenvalue weighted by Crippen LogP contribution is -2.51. The largest absolute Gasteiger partial charge is 0.480 e. The van der Waals surface area contributed by atoms with E-state index in [1.165, 1.54) is 9.80 Å². The number of carbonyl (C=O) groups is 3. The van der Waals surface area contributed by atoms with E-state index in [4.69, 9.17) is 10.8 Å². The smallest absolute Gasteiger partial charge is 0.323 e. The van der Waals surface area contributed by atoms with Gasteiger partial charge in [0.1, 0.15) is 13.1 Å². The Hall–Kier alpha value is -1.79. The van der Waals surface area contributed by atoms with Crippen molar-refractivity contribution in [1.82, 2.24) is 9.80 Å². The number of aliphatic carboxylic acids is 1. The fourth-order valence-corrected chi connectivity index (χ4v) is 2.68. The lowest BCUT2D eigenvalue weighted by molar-refractivity contribution is -0.138. The van der Waals surface area contributed by atoms with Crippen molar-refractivity contribution in [2.45, 2.75) is 51.5 Å². The van der Waals surface area contributed by atoms with Crippen molar-refractivity contribution in [3.05, 3.63) is 0 Å². The lowest BCUT2D eigenvalue weighted by atomic mass is 10.2. The zero-order valence-corrected chi connectivity index (χ0v) is 12.6. The zero-order chi connectivity index (χ0) is 15.8. The molecule has 1 aliphatic carbocycles. The molecule has 21 heavy (non-hydrogen) atoms. The molecule has 0 unspecified atom stereocenters. The van der Waals surface area contributed by atoms with E-state index in [-0.39, 0.29) is 19.1 Å². The second-order valence-electron chi connectivity index (χ2n) is 5.48. The summed E-state index contributed by atoms with van der Waals surface area (Å²) in [5.74, 6) is -1.62. The monoisotopic (exact) mass is 299 g/mol. The van der Waals surface area contributed by atoms with Crippen LogP contribution in [-0.4, -0.2) is 58.5 Å². The van der Waals surface area contributed by atoms with Crippen molar-refractivity contribution in [1.29, 1.82) is 0 Å². The zero-order valence-electron chi connectivity index (χ0n) is 12.6. The highest BCUT2D eigenvalue weighted by molar-refractivity contribution is 5.85. The summed E-state index contributed by atoms with van der Waals surface area (Å²) in [6.45, 7) is 1.91. The number of urea groups is 1. The summed E-state index contributed by atoms with van der Waals surface area (Å²) in [6, 6.07) is -0.442. The highest BCUT2D eigenvalue weighted by Crippen LogP contribution is 2.24. The molecule has 0 aromatic heterocycles. The minimum atomic E-state index is -1.04. The summed E-state index contributed by atoms with van der Waals surface area (Å²) in [6.07, 6.45) is 5.27.